The van der Waals surface area contributed by atoms with Gasteiger partial charge in [0.05, 0.1) is 11.3 Å². The molecule has 1 aliphatic heterocycles. The number of hydrogen-bond acceptors (Lipinski definition) is 2. The van der Waals surface area contributed by atoms with Gasteiger partial charge < -0.3 is 4.90 Å². The van der Waals surface area contributed by atoms with E-state index in [1.54, 1.807) is 0 Å². The standard InChI is InChI=1S/C15H25N3O/c1-10(2)13-6-5-8-18(9-7-13)15(19)14-11(3)16-17-12(14)4/h10,13H,5-9H2,1-4H3,(H,16,17). The first-order chi connectivity index (χ1) is 9.00. The average molecular weight is 263 g/mol. The van der Waals surface area contributed by atoms with E-state index >= 15 is 0 Å². The number of hydrogen-bond donors (Lipinski definition) is 1. The van der Waals surface area contributed by atoms with Crippen molar-refractivity contribution in [2.24, 2.45) is 11.8 Å². The van der Waals surface area contributed by atoms with Crippen LogP contribution in [0.1, 0.15) is 54.9 Å². The third-order valence-electron chi connectivity index (χ3n) is 4.34. The van der Waals surface area contributed by atoms with Gasteiger partial charge in [-0.25, -0.2) is 0 Å². The second-order valence-corrected chi connectivity index (χ2v) is 6.04. The Morgan fingerprint density at radius 2 is 2.05 bits per heavy atom. The summed E-state index contributed by atoms with van der Waals surface area (Å²) in [5, 5.41) is 7.03. The first-order valence-corrected chi connectivity index (χ1v) is 7.31. The molecule has 106 valence electrons. The van der Waals surface area contributed by atoms with Crippen LogP contribution in [0.5, 0.6) is 0 Å². The van der Waals surface area contributed by atoms with Gasteiger partial charge in [0.15, 0.2) is 0 Å². The third kappa shape index (κ3) is 2.99. The number of carbonyl (C=O) groups is 1. The van der Waals surface area contributed by atoms with Gasteiger partial charge in [0.1, 0.15) is 0 Å². The molecule has 0 spiro atoms. The Morgan fingerprint density at radius 1 is 1.32 bits per heavy atom. The van der Waals surface area contributed by atoms with E-state index in [-0.39, 0.29) is 5.91 Å². The molecule has 0 radical (unpaired) electrons. The molecule has 0 saturated carbocycles. The van der Waals surface area contributed by atoms with Crippen molar-refractivity contribution in [2.75, 3.05) is 13.1 Å². The topological polar surface area (TPSA) is 49.0 Å². The van der Waals surface area contributed by atoms with Gasteiger partial charge in [-0.15, -0.1) is 0 Å². The Kier molecular flexibility index (Phi) is 4.27. The average Bonchev–Trinajstić information content (AvgIpc) is 2.58. The molecule has 1 aliphatic rings. The molecule has 1 amide bonds. The Balaban J connectivity index is 2.08. The van der Waals surface area contributed by atoms with Crippen molar-refractivity contribution >= 4 is 5.91 Å². The lowest BCUT2D eigenvalue weighted by Gasteiger charge is -2.21. The lowest BCUT2D eigenvalue weighted by Crippen LogP contribution is -2.32. The highest BCUT2D eigenvalue weighted by Gasteiger charge is 2.25. The summed E-state index contributed by atoms with van der Waals surface area (Å²) in [7, 11) is 0. The molecule has 0 aliphatic carbocycles. The Hall–Kier alpha value is -1.32. The van der Waals surface area contributed by atoms with Crippen molar-refractivity contribution in [1.82, 2.24) is 15.1 Å². The van der Waals surface area contributed by atoms with Crippen molar-refractivity contribution in [3.63, 3.8) is 0 Å². The molecule has 2 rings (SSSR count). The second-order valence-electron chi connectivity index (χ2n) is 6.04. The second kappa shape index (κ2) is 5.76. The summed E-state index contributed by atoms with van der Waals surface area (Å²) >= 11 is 0. The minimum absolute atomic E-state index is 0.146. The Labute approximate surface area is 115 Å². The predicted molar refractivity (Wildman–Crippen MR) is 76.1 cm³/mol. The van der Waals surface area contributed by atoms with Gasteiger partial charge in [0, 0.05) is 18.8 Å². The van der Waals surface area contributed by atoms with Crippen LogP contribution in [0.2, 0.25) is 0 Å². The van der Waals surface area contributed by atoms with Crippen molar-refractivity contribution < 1.29 is 4.79 Å². The van der Waals surface area contributed by atoms with Gasteiger partial charge in [0.2, 0.25) is 0 Å². The number of nitrogens with zero attached hydrogens (tertiary/aromatic N) is 2. The molecule has 0 aromatic carbocycles. The zero-order valence-corrected chi connectivity index (χ0v) is 12.5. The fourth-order valence-corrected chi connectivity index (χ4v) is 3.02. The van der Waals surface area contributed by atoms with Crippen molar-refractivity contribution in [3.05, 3.63) is 17.0 Å². The van der Waals surface area contributed by atoms with E-state index in [0.717, 1.165) is 48.8 Å². The van der Waals surface area contributed by atoms with E-state index in [4.69, 9.17) is 0 Å². The maximum absolute atomic E-state index is 12.6. The molecule has 1 saturated heterocycles. The number of nitrogens with one attached hydrogen (secondary N) is 1. The summed E-state index contributed by atoms with van der Waals surface area (Å²) in [5.41, 5.74) is 2.46. The molecule has 1 N–H and O–H groups in total. The smallest absolute Gasteiger partial charge is 0.257 e. The van der Waals surface area contributed by atoms with Gasteiger partial charge >= 0.3 is 0 Å². The van der Waals surface area contributed by atoms with Crippen LogP contribution in [0, 0.1) is 25.7 Å². The number of H-pyrrole nitrogens is 1. The van der Waals surface area contributed by atoms with Crippen LogP contribution in [-0.4, -0.2) is 34.1 Å². The highest BCUT2D eigenvalue weighted by molar-refractivity contribution is 5.96. The van der Waals surface area contributed by atoms with Gasteiger partial charge in [-0.1, -0.05) is 13.8 Å². The summed E-state index contributed by atoms with van der Waals surface area (Å²) in [6.45, 7) is 10.1. The zero-order valence-electron chi connectivity index (χ0n) is 12.5. The van der Waals surface area contributed by atoms with E-state index < -0.39 is 0 Å². The van der Waals surface area contributed by atoms with Crippen molar-refractivity contribution in [2.45, 2.75) is 47.0 Å². The predicted octanol–water partition coefficient (Wildman–Crippen LogP) is 2.92. The van der Waals surface area contributed by atoms with Crippen LogP contribution >= 0.6 is 0 Å². The van der Waals surface area contributed by atoms with Crippen LogP contribution in [0.4, 0.5) is 0 Å². The maximum Gasteiger partial charge on any atom is 0.257 e. The van der Waals surface area contributed by atoms with Crippen LogP contribution in [0.3, 0.4) is 0 Å². The van der Waals surface area contributed by atoms with E-state index in [9.17, 15) is 4.79 Å². The number of rotatable bonds is 2. The highest BCUT2D eigenvalue weighted by Crippen LogP contribution is 2.25. The molecule has 1 aromatic heterocycles. The third-order valence-corrected chi connectivity index (χ3v) is 4.34. The summed E-state index contributed by atoms with van der Waals surface area (Å²) in [6, 6.07) is 0. The molecule has 19 heavy (non-hydrogen) atoms. The van der Waals surface area contributed by atoms with Gasteiger partial charge in [-0.2, -0.15) is 5.10 Å². The van der Waals surface area contributed by atoms with E-state index in [0.29, 0.717) is 5.92 Å². The number of aromatic nitrogens is 2. The van der Waals surface area contributed by atoms with E-state index in [2.05, 4.69) is 24.0 Å². The quantitative estimate of drug-likeness (QED) is 0.892. The fourth-order valence-electron chi connectivity index (χ4n) is 3.02. The number of aromatic amines is 1. The molecular formula is C15H25N3O. The summed E-state index contributed by atoms with van der Waals surface area (Å²) < 4.78 is 0. The molecule has 1 atom stereocenters. The zero-order chi connectivity index (χ0) is 14.0. The van der Waals surface area contributed by atoms with Gasteiger partial charge in [-0.3, -0.25) is 9.89 Å². The van der Waals surface area contributed by atoms with E-state index in [1.165, 1.54) is 6.42 Å². The van der Waals surface area contributed by atoms with Gasteiger partial charge in [-0.05, 0) is 44.9 Å². The number of amides is 1. The lowest BCUT2D eigenvalue weighted by molar-refractivity contribution is 0.0757. The molecule has 2 heterocycles. The molecule has 1 aromatic rings. The summed E-state index contributed by atoms with van der Waals surface area (Å²) in [4.78, 5) is 14.6. The lowest BCUT2D eigenvalue weighted by atomic mass is 9.89. The van der Waals surface area contributed by atoms with Crippen molar-refractivity contribution in [1.29, 1.82) is 0 Å². The molecule has 4 nitrogen and oxygen atoms in total. The minimum Gasteiger partial charge on any atom is -0.339 e. The first kappa shape index (κ1) is 14.1. The van der Waals surface area contributed by atoms with Crippen molar-refractivity contribution in [3.8, 4) is 0 Å². The van der Waals surface area contributed by atoms with E-state index in [1.807, 2.05) is 18.7 Å². The molecule has 0 bridgehead atoms. The van der Waals surface area contributed by atoms with Gasteiger partial charge in [0.25, 0.3) is 5.91 Å². The van der Waals surface area contributed by atoms with Crippen LogP contribution in [0.25, 0.3) is 0 Å². The largest absolute Gasteiger partial charge is 0.339 e. The Morgan fingerprint density at radius 3 is 2.63 bits per heavy atom. The normalized spacial score (nSPS) is 20.7. The Bertz CT molecular complexity index is 431. The van der Waals surface area contributed by atoms with Crippen LogP contribution in [-0.2, 0) is 0 Å². The number of likely N-dealkylation sites (tertiary alicyclic amines) is 1. The molecule has 1 unspecified atom stereocenters. The maximum atomic E-state index is 12.6. The minimum atomic E-state index is 0.146. The molecular weight excluding hydrogens is 238 g/mol. The number of carbonyl (C=O) groups excluding carboxylic acids is 1. The highest BCUT2D eigenvalue weighted by atomic mass is 16.2. The van der Waals surface area contributed by atoms with Crippen LogP contribution < -0.4 is 0 Å². The summed E-state index contributed by atoms with van der Waals surface area (Å²) in [6.07, 6.45) is 3.48. The molecule has 1 fully saturated rings. The SMILES string of the molecule is Cc1n[nH]c(C)c1C(=O)N1CCCC(C(C)C)CC1. The number of aryl methyl sites for hydroxylation is 2. The summed E-state index contributed by atoms with van der Waals surface area (Å²) in [5.74, 6) is 1.62. The van der Waals surface area contributed by atoms with Crippen LogP contribution in [0.15, 0.2) is 0 Å². The first-order valence-electron chi connectivity index (χ1n) is 7.31. The fraction of sp³-hybridized carbons (Fsp3) is 0.733. The monoisotopic (exact) mass is 263 g/mol. The molecule has 4 heteroatoms.